The van der Waals surface area contributed by atoms with E-state index >= 15 is 0 Å². The van der Waals surface area contributed by atoms with Crippen molar-refractivity contribution in [3.8, 4) is 11.5 Å². The molecule has 0 aromatic heterocycles. The number of carboxylic acids is 1. The van der Waals surface area contributed by atoms with Crippen LogP contribution in [0.1, 0.15) is 27.8 Å². The van der Waals surface area contributed by atoms with Gasteiger partial charge in [0.1, 0.15) is 24.7 Å². The van der Waals surface area contributed by atoms with E-state index in [0.29, 0.717) is 30.3 Å². The Labute approximate surface area is 181 Å². The first-order chi connectivity index (χ1) is 15.0. The average molecular weight is 419 g/mol. The van der Waals surface area contributed by atoms with Crippen LogP contribution < -0.4 is 9.47 Å². The number of carbonyl (C=O) groups is 1. The molecule has 0 amide bonds. The summed E-state index contributed by atoms with van der Waals surface area (Å²) in [4.78, 5) is 15.3. The van der Waals surface area contributed by atoms with Gasteiger partial charge >= 0.3 is 5.97 Å². The van der Waals surface area contributed by atoms with E-state index in [2.05, 4.69) is 5.16 Å². The number of oxime groups is 1. The molecule has 0 aliphatic carbocycles. The first-order valence-electron chi connectivity index (χ1n) is 9.87. The summed E-state index contributed by atoms with van der Waals surface area (Å²) in [6.07, 6.45) is 1.43. The summed E-state index contributed by atoms with van der Waals surface area (Å²) in [5.41, 5.74) is 5.16. The zero-order chi connectivity index (χ0) is 22.1. The smallest absolute Gasteiger partial charge is 0.344 e. The van der Waals surface area contributed by atoms with Crippen LogP contribution in [0.4, 0.5) is 0 Å². The number of aliphatic carboxylic acids is 1. The molecular weight excluding hydrogens is 394 g/mol. The maximum atomic E-state index is 10.6. The fourth-order valence-corrected chi connectivity index (χ4v) is 2.73. The third-order valence-electron chi connectivity index (χ3n) is 4.42. The summed E-state index contributed by atoms with van der Waals surface area (Å²) in [5, 5.41) is 12.4. The van der Waals surface area contributed by atoms with Crippen molar-refractivity contribution in [1.82, 2.24) is 0 Å². The lowest BCUT2D eigenvalue weighted by Gasteiger charge is -2.12. The molecule has 3 aromatic rings. The molecule has 0 atom stereocenters. The van der Waals surface area contributed by atoms with Gasteiger partial charge in [0.25, 0.3) is 0 Å². The van der Waals surface area contributed by atoms with Crippen molar-refractivity contribution < 1.29 is 24.2 Å². The fourth-order valence-electron chi connectivity index (χ4n) is 2.73. The molecule has 0 spiro atoms. The lowest BCUT2D eigenvalue weighted by molar-refractivity contribution is -0.142. The number of hydrogen-bond donors (Lipinski definition) is 1. The molecule has 0 heterocycles. The number of hydrogen-bond acceptors (Lipinski definition) is 5. The Hall–Kier alpha value is -3.80. The van der Waals surface area contributed by atoms with E-state index in [1.54, 1.807) is 12.1 Å². The predicted octanol–water partition coefficient (Wildman–Crippen LogP) is 4.90. The third-order valence-corrected chi connectivity index (χ3v) is 4.42. The highest BCUT2D eigenvalue weighted by Gasteiger charge is 2.05. The molecule has 0 saturated heterocycles. The van der Waals surface area contributed by atoms with Gasteiger partial charge in [-0.1, -0.05) is 64.8 Å². The van der Waals surface area contributed by atoms with Gasteiger partial charge < -0.3 is 19.4 Å². The summed E-state index contributed by atoms with van der Waals surface area (Å²) in [6, 6.07) is 21.7. The number of carboxylic acid groups (broad SMARTS) is 1. The molecule has 0 bridgehead atoms. The Balaban J connectivity index is 1.72. The normalized spacial score (nSPS) is 10.8. The fraction of sp³-hybridized carbons (Fsp3) is 0.200. The molecule has 0 saturated carbocycles. The van der Waals surface area contributed by atoms with E-state index in [4.69, 9.17) is 19.4 Å². The van der Waals surface area contributed by atoms with Crippen LogP contribution in [0.3, 0.4) is 0 Å². The third kappa shape index (κ3) is 7.51. The summed E-state index contributed by atoms with van der Waals surface area (Å²) < 4.78 is 11.9. The number of rotatable bonds is 10. The Bertz CT molecular complexity index is 959. The Morgan fingerprint density at radius 3 is 1.77 bits per heavy atom. The molecule has 0 aliphatic heterocycles. The molecule has 0 radical (unpaired) electrons. The van der Waals surface area contributed by atoms with Crippen molar-refractivity contribution in [1.29, 1.82) is 0 Å². The molecule has 160 valence electrons. The van der Waals surface area contributed by atoms with Gasteiger partial charge in [-0.3, -0.25) is 0 Å². The van der Waals surface area contributed by atoms with Crippen LogP contribution in [0.5, 0.6) is 11.5 Å². The number of ether oxygens (including phenoxy) is 2. The van der Waals surface area contributed by atoms with Crippen LogP contribution in [-0.2, 0) is 22.8 Å². The van der Waals surface area contributed by atoms with Crippen LogP contribution in [-0.4, -0.2) is 23.9 Å². The summed E-state index contributed by atoms with van der Waals surface area (Å²) in [6.45, 7) is 4.40. The van der Waals surface area contributed by atoms with Gasteiger partial charge in [0.2, 0.25) is 6.61 Å². The minimum absolute atomic E-state index is 0.411. The molecule has 6 heteroatoms. The molecular formula is C25H25NO5. The highest BCUT2D eigenvalue weighted by molar-refractivity contribution is 5.80. The molecule has 3 rings (SSSR count). The maximum absolute atomic E-state index is 10.6. The first-order valence-corrected chi connectivity index (χ1v) is 9.87. The zero-order valence-corrected chi connectivity index (χ0v) is 17.6. The second-order valence-corrected chi connectivity index (χ2v) is 7.19. The van der Waals surface area contributed by atoms with Crippen LogP contribution in [0.25, 0.3) is 0 Å². The first kappa shape index (κ1) is 21.9. The number of benzene rings is 3. The van der Waals surface area contributed by atoms with Crippen LogP contribution in [0.2, 0.25) is 0 Å². The highest BCUT2D eigenvalue weighted by Crippen LogP contribution is 2.24. The second-order valence-electron chi connectivity index (χ2n) is 7.19. The quantitative estimate of drug-likeness (QED) is 0.374. The number of aryl methyl sites for hydroxylation is 2. The Kier molecular flexibility index (Phi) is 7.65. The van der Waals surface area contributed by atoms with Crippen molar-refractivity contribution in [2.24, 2.45) is 5.16 Å². The van der Waals surface area contributed by atoms with E-state index in [-0.39, 0.29) is 0 Å². The Morgan fingerprint density at radius 1 is 0.839 bits per heavy atom. The van der Waals surface area contributed by atoms with Gasteiger partial charge in [-0.2, -0.15) is 0 Å². The van der Waals surface area contributed by atoms with E-state index < -0.39 is 12.6 Å². The van der Waals surface area contributed by atoms with Gasteiger partial charge in [0.15, 0.2) is 0 Å². The maximum Gasteiger partial charge on any atom is 0.344 e. The second kappa shape index (κ2) is 10.8. The van der Waals surface area contributed by atoms with Crippen LogP contribution >= 0.6 is 0 Å². The van der Waals surface area contributed by atoms with Crippen molar-refractivity contribution in [3.05, 3.63) is 94.5 Å². The summed E-state index contributed by atoms with van der Waals surface area (Å²) >= 11 is 0. The van der Waals surface area contributed by atoms with Gasteiger partial charge in [0, 0.05) is 11.6 Å². The predicted molar refractivity (Wildman–Crippen MR) is 119 cm³/mol. The lowest BCUT2D eigenvalue weighted by Crippen LogP contribution is -2.03. The molecule has 6 nitrogen and oxygen atoms in total. The van der Waals surface area contributed by atoms with Crippen LogP contribution in [0.15, 0.2) is 71.9 Å². The van der Waals surface area contributed by atoms with Gasteiger partial charge in [-0.05, 0) is 37.1 Å². The summed E-state index contributed by atoms with van der Waals surface area (Å²) in [7, 11) is 0. The van der Waals surface area contributed by atoms with Gasteiger partial charge in [-0.25, -0.2) is 4.79 Å². The van der Waals surface area contributed by atoms with Gasteiger partial charge in [-0.15, -0.1) is 0 Å². The van der Waals surface area contributed by atoms with Crippen LogP contribution in [0, 0.1) is 13.8 Å². The topological polar surface area (TPSA) is 77.4 Å². The zero-order valence-electron chi connectivity index (χ0n) is 17.6. The lowest BCUT2D eigenvalue weighted by atomic mass is 10.1. The minimum atomic E-state index is -1.09. The molecule has 3 aromatic carbocycles. The Morgan fingerprint density at radius 2 is 1.32 bits per heavy atom. The van der Waals surface area contributed by atoms with Gasteiger partial charge in [0.05, 0.1) is 6.21 Å². The standard InChI is InChI=1S/C25H25NO5/c1-18-3-7-20(8-4-18)15-29-23-11-22(14-26-31-17-25(27)28)12-24(13-23)30-16-21-9-5-19(2)6-10-21/h3-14H,15-17H2,1-2H3,(H,27,28). The van der Waals surface area contributed by atoms with Crippen molar-refractivity contribution in [2.45, 2.75) is 27.1 Å². The minimum Gasteiger partial charge on any atom is -0.489 e. The van der Waals surface area contributed by atoms with E-state index in [9.17, 15) is 4.79 Å². The highest BCUT2D eigenvalue weighted by atomic mass is 16.6. The van der Waals surface area contributed by atoms with E-state index in [1.807, 2.05) is 68.4 Å². The SMILES string of the molecule is Cc1ccc(COc2cc(C=NOCC(=O)O)cc(OCc3ccc(C)cc3)c2)cc1. The van der Waals surface area contributed by atoms with E-state index in [1.165, 1.54) is 17.3 Å². The molecule has 31 heavy (non-hydrogen) atoms. The monoisotopic (exact) mass is 419 g/mol. The van der Waals surface area contributed by atoms with Crippen molar-refractivity contribution in [2.75, 3.05) is 6.61 Å². The average Bonchev–Trinajstić information content (AvgIpc) is 2.76. The van der Waals surface area contributed by atoms with Crippen molar-refractivity contribution in [3.63, 3.8) is 0 Å². The molecule has 0 aliphatic rings. The number of nitrogens with zero attached hydrogens (tertiary/aromatic N) is 1. The largest absolute Gasteiger partial charge is 0.489 e. The van der Waals surface area contributed by atoms with Crippen molar-refractivity contribution >= 4 is 12.2 Å². The molecule has 0 unspecified atom stereocenters. The summed E-state index contributed by atoms with van der Waals surface area (Å²) in [5.74, 6) is 0.137. The van der Waals surface area contributed by atoms with E-state index in [0.717, 1.165) is 11.1 Å². The molecule has 0 fully saturated rings. The molecule has 1 N–H and O–H groups in total.